The van der Waals surface area contributed by atoms with Gasteiger partial charge in [0.15, 0.2) is 0 Å². The first-order valence-corrected chi connectivity index (χ1v) is 7.57. The van der Waals surface area contributed by atoms with Gasteiger partial charge in [-0.1, -0.05) is 15.9 Å². The van der Waals surface area contributed by atoms with E-state index in [0.29, 0.717) is 0 Å². The topological polar surface area (TPSA) is 47.3 Å². The highest BCUT2D eigenvalue weighted by Gasteiger charge is 2.22. The molecule has 5 heteroatoms. The zero-order chi connectivity index (χ0) is 14.1. The van der Waals surface area contributed by atoms with Crippen molar-refractivity contribution in [3.05, 3.63) is 34.2 Å². The van der Waals surface area contributed by atoms with Gasteiger partial charge in [0.05, 0.1) is 25.1 Å². The number of nitrogens with zero attached hydrogens (tertiary/aromatic N) is 2. The molecule has 3 rings (SSSR count). The number of hydrogen-bond acceptors (Lipinski definition) is 3. The number of rotatable bonds is 3. The van der Waals surface area contributed by atoms with Crippen molar-refractivity contribution >= 4 is 15.9 Å². The number of aliphatic hydroxyl groups excluding tert-OH is 1. The van der Waals surface area contributed by atoms with Gasteiger partial charge in [-0.2, -0.15) is 0 Å². The van der Waals surface area contributed by atoms with Crippen LogP contribution in [0.1, 0.15) is 24.4 Å². The lowest BCUT2D eigenvalue weighted by Gasteiger charge is -2.15. The van der Waals surface area contributed by atoms with Gasteiger partial charge in [0.1, 0.15) is 11.6 Å². The van der Waals surface area contributed by atoms with Gasteiger partial charge in [0, 0.05) is 23.0 Å². The Morgan fingerprint density at radius 3 is 3.00 bits per heavy atom. The highest BCUT2D eigenvalue weighted by atomic mass is 79.9. The maximum atomic E-state index is 9.74. The van der Waals surface area contributed by atoms with Crippen LogP contribution in [0.5, 0.6) is 5.75 Å². The van der Waals surface area contributed by atoms with Gasteiger partial charge in [-0.05, 0) is 31.0 Å². The number of halogens is 1. The van der Waals surface area contributed by atoms with E-state index in [4.69, 9.17) is 9.72 Å². The maximum Gasteiger partial charge on any atom is 0.128 e. The summed E-state index contributed by atoms with van der Waals surface area (Å²) in [5.74, 6) is 1.84. The number of benzene rings is 1. The molecule has 0 bridgehead atoms. The Bertz CT molecular complexity index is 637. The van der Waals surface area contributed by atoms with Gasteiger partial charge in [-0.25, -0.2) is 4.98 Å². The second-order valence-electron chi connectivity index (χ2n) is 4.93. The molecule has 0 fully saturated rings. The Morgan fingerprint density at radius 2 is 2.25 bits per heavy atom. The highest BCUT2D eigenvalue weighted by molar-refractivity contribution is 9.10. The number of aliphatic hydroxyl groups is 1. The van der Waals surface area contributed by atoms with Gasteiger partial charge in [-0.15, -0.1) is 0 Å². The number of imidazole rings is 1. The Balaban J connectivity index is 2.19. The first kappa shape index (κ1) is 13.6. The molecule has 1 aliphatic heterocycles. The third kappa shape index (κ3) is 2.25. The SMILES string of the molecule is COc1ccc(Br)cc1-c1nc2n(c1CO)CCCC2. The number of hydrogen-bond donors (Lipinski definition) is 1. The minimum absolute atomic E-state index is 0.00198. The minimum Gasteiger partial charge on any atom is -0.496 e. The van der Waals surface area contributed by atoms with Crippen molar-refractivity contribution in [3.8, 4) is 17.0 Å². The standard InChI is InChI=1S/C15H17BrN2O2/c1-20-13-6-5-10(16)8-11(13)15-12(9-19)18-7-3-2-4-14(18)17-15/h5-6,8,19H,2-4,7,9H2,1H3. The number of methoxy groups -OCH3 is 1. The molecule has 0 spiro atoms. The summed E-state index contributed by atoms with van der Waals surface area (Å²) in [4.78, 5) is 4.74. The van der Waals surface area contributed by atoms with Crippen LogP contribution >= 0.6 is 15.9 Å². The molecule has 20 heavy (non-hydrogen) atoms. The smallest absolute Gasteiger partial charge is 0.128 e. The van der Waals surface area contributed by atoms with E-state index in [-0.39, 0.29) is 6.61 Å². The highest BCUT2D eigenvalue weighted by Crippen LogP contribution is 2.35. The van der Waals surface area contributed by atoms with Crippen LogP contribution in [-0.2, 0) is 19.6 Å². The molecule has 0 aliphatic carbocycles. The molecule has 1 aromatic heterocycles. The summed E-state index contributed by atoms with van der Waals surface area (Å²) >= 11 is 3.49. The van der Waals surface area contributed by atoms with E-state index in [1.807, 2.05) is 18.2 Å². The quantitative estimate of drug-likeness (QED) is 0.936. The number of ether oxygens (including phenoxy) is 1. The number of aromatic nitrogens is 2. The van der Waals surface area contributed by atoms with Crippen molar-refractivity contribution in [2.45, 2.75) is 32.4 Å². The van der Waals surface area contributed by atoms with E-state index < -0.39 is 0 Å². The van der Waals surface area contributed by atoms with Gasteiger partial charge in [0.2, 0.25) is 0 Å². The third-order valence-electron chi connectivity index (χ3n) is 3.75. The number of aryl methyl sites for hydroxylation is 1. The van der Waals surface area contributed by atoms with Crippen LogP contribution in [0.4, 0.5) is 0 Å². The molecule has 0 saturated heterocycles. The molecule has 0 radical (unpaired) electrons. The zero-order valence-corrected chi connectivity index (χ0v) is 13.0. The second kappa shape index (κ2) is 5.58. The van der Waals surface area contributed by atoms with E-state index in [1.165, 1.54) is 0 Å². The molecule has 0 amide bonds. The molecule has 0 saturated carbocycles. The largest absolute Gasteiger partial charge is 0.496 e. The molecule has 0 atom stereocenters. The van der Waals surface area contributed by atoms with Crippen molar-refractivity contribution < 1.29 is 9.84 Å². The molecular weight excluding hydrogens is 320 g/mol. The van der Waals surface area contributed by atoms with Crippen molar-refractivity contribution in [3.63, 3.8) is 0 Å². The first-order valence-electron chi connectivity index (χ1n) is 6.77. The fourth-order valence-corrected chi connectivity index (χ4v) is 3.15. The fourth-order valence-electron chi connectivity index (χ4n) is 2.79. The van der Waals surface area contributed by atoms with Crippen LogP contribution in [0.3, 0.4) is 0 Å². The molecule has 1 aliphatic rings. The maximum absolute atomic E-state index is 9.74. The van der Waals surface area contributed by atoms with Crippen LogP contribution in [0, 0.1) is 0 Å². The summed E-state index contributed by atoms with van der Waals surface area (Å²) in [6, 6.07) is 5.85. The van der Waals surface area contributed by atoms with E-state index in [1.54, 1.807) is 7.11 Å². The second-order valence-corrected chi connectivity index (χ2v) is 5.85. The minimum atomic E-state index is -0.00198. The van der Waals surface area contributed by atoms with Crippen molar-refractivity contribution in [2.75, 3.05) is 7.11 Å². The van der Waals surface area contributed by atoms with Crippen molar-refractivity contribution in [1.29, 1.82) is 0 Å². The van der Waals surface area contributed by atoms with Crippen molar-refractivity contribution in [2.24, 2.45) is 0 Å². The molecule has 2 heterocycles. The summed E-state index contributed by atoms with van der Waals surface area (Å²) in [7, 11) is 1.65. The lowest BCUT2D eigenvalue weighted by molar-refractivity contribution is 0.268. The summed E-state index contributed by atoms with van der Waals surface area (Å²) in [6.45, 7) is 0.937. The van der Waals surface area contributed by atoms with Crippen LogP contribution in [0.15, 0.2) is 22.7 Å². The molecule has 1 N–H and O–H groups in total. The van der Waals surface area contributed by atoms with Crippen LogP contribution in [0.2, 0.25) is 0 Å². The van der Waals surface area contributed by atoms with E-state index >= 15 is 0 Å². The van der Waals surface area contributed by atoms with Crippen LogP contribution < -0.4 is 4.74 Å². The Hall–Kier alpha value is -1.33. The van der Waals surface area contributed by atoms with Crippen LogP contribution in [0.25, 0.3) is 11.3 Å². The Kier molecular flexibility index (Phi) is 3.81. The van der Waals surface area contributed by atoms with E-state index in [2.05, 4.69) is 20.5 Å². The average molecular weight is 337 g/mol. The molecule has 4 nitrogen and oxygen atoms in total. The monoisotopic (exact) mass is 336 g/mol. The Morgan fingerprint density at radius 1 is 1.40 bits per heavy atom. The van der Waals surface area contributed by atoms with Gasteiger partial charge < -0.3 is 14.4 Å². The average Bonchev–Trinajstić information content (AvgIpc) is 2.85. The number of fused-ring (bicyclic) bond motifs is 1. The predicted octanol–water partition coefficient (Wildman–Crippen LogP) is 3.15. The normalized spacial score (nSPS) is 14.2. The van der Waals surface area contributed by atoms with Gasteiger partial charge >= 0.3 is 0 Å². The molecular formula is C15H17BrN2O2. The fraction of sp³-hybridized carbons (Fsp3) is 0.400. The molecule has 1 aromatic carbocycles. The first-order chi connectivity index (χ1) is 9.74. The van der Waals surface area contributed by atoms with Crippen molar-refractivity contribution in [1.82, 2.24) is 9.55 Å². The zero-order valence-electron chi connectivity index (χ0n) is 11.4. The van der Waals surface area contributed by atoms with Gasteiger partial charge in [-0.3, -0.25) is 0 Å². The summed E-state index contributed by atoms with van der Waals surface area (Å²) in [5.41, 5.74) is 2.64. The third-order valence-corrected chi connectivity index (χ3v) is 4.24. The summed E-state index contributed by atoms with van der Waals surface area (Å²) in [5, 5.41) is 9.74. The van der Waals surface area contributed by atoms with Gasteiger partial charge in [0.25, 0.3) is 0 Å². The molecule has 0 unspecified atom stereocenters. The molecule has 106 valence electrons. The summed E-state index contributed by atoms with van der Waals surface area (Å²) in [6.07, 6.45) is 3.28. The van der Waals surface area contributed by atoms with Crippen LogP contribution in [-0.4, -0.2) is 21.8 Å². The lowest BCUT2D eigenvalue weighted by atomic mass is 10.1. The summed E-state index contributed by atoms with van der Waals surface area (Å²) < 4.78 is 8.56. The van der Waals surface area contributed by atoms with E-state index in [9.17, 15) is 5.11 Å². The van der Waals surface area contributed by atoms with E-state index in [0.717, 1.165) is 58.8 Å². The lowest BCUT2D eigenvalue weighted by Crippen LogP contribution is -2.13. The molecule has 2 aromatic rings. The Labute approximate surface area is 126 Å². The predicted molar refractivity (Wildman–Crippen MR) is 80.8 cm³/mol.